The number of aliphatic hydroxyl groups is 1. The van der Waals surface area contributed by atoms with Gasteiger partial charge < -0.3 is 19.6 Å². The van der Waals surface area contributed by atoms with Gasteiger partial charge in [-0.2, -0.15) is 0 Å². The number of carbonyl (C=O) groups excluding carboxylic acids is 1. The number of nitrogens with one attached hydrogen (secondary N) is 1. The molecule has 0 aliphatic carbocycles. The van der Waals surface area contributed by atoms with E-state index >= 15 is 0 Å². The van der Waals surface area contributed by atoms with Gasteiger partial charge in [0.15, 0.2) is 0 Å². The highest BCUT2D eigenvalue weighted by molar-refractivity contribution is 6.05. The molecule has 0 aliphatic rings. The summed E-state index contributed by atoms with van der Waals surface area (Å²) in [5.41, 5.74) is 1.03. The molecule has 1 aromatic heterocycles. The lowest BCUT2D eigenvalue weighted by Crippen LogP contribution is -2.13. The van der Waals surface area contributed by atoms with Crippen LogP contribution < -0.4 is 10.1 Å². The molecule has 0 unspecified atom stereocenters. The number of nitro groups is 1. The van der Waals surface area contributed by atoms with Crippen LogP contribution in [-0.2, 0) is 6.61 Å². The second kappa shape index (κ2) is 7.71. The molecule has 1 heterocycles. The molecule has 2 aromatic carbocycles. The van der Waals surface area contributed by atoms with Gasteiger partial charge in [-0.3, -0.25) is 14.9 Å². The van der Waals surface area contributed by atoms with Crippen molar-refractivity contribution in [2.75, 3.05) is 12.4 Å². The van der Waals surface area contributed by atoms with Crippen LogP contribution in [0.3, 0.4) is 0 Å². The fraction of sp³-hybridized carbons (Fsp3) is 0.105. The Morgan fingerprint density at radius 3 is 2.70 bits per heavy atom. The average Bonchev–Trinajstić information content (AvgIpc) is 3.17. The molecule has 8 heteroatoms. The molecule has 0 saturated carbocycles. The number of amides is 1. The Morgan fingerprint density at radius 1 is 1.22 bits per heavy atom. The van der Waals surface area contributed by atoms with E-state index in [1.165, 1.54) is 31.4 Å². The summed E-state index contributed by atoms with van der Waals surface area (Å²) in [5, 5.41) is 22.7. The van der Waals surface area contributed by atoms with Crippen molar-refractivity contribution in [2.24, 2.45) is 0 Å². The average molecular weight is 368 g/mol. The molecule has 2 N–H and O–H groups in total. The summed E-state index contributed by atoms with van der Waals surface area (Å²) >= 11 is 0. The molecule has 0 saturated heterocycles. The molecule has 1 amide bonds. The van der Waals surface area contributed by atoms with Crippen LogP contribution in [0.2, 0.25) is 0 Å². The highest BCUT2D eigenvalue weighted by Gasteiger charge is 2.15. The summed E-state index contributed by atoms with van der Waals surface area (Å²) in [5.74, 6) is 0.853. The van der Waals surface area contributed by atoms with Crippen LogP contribution in [0.5, 0.6) is 5.75 Å². The number of rotatable bonds is 6. The summed E-state index contributed by atoms with van der Waals surface area (Å²) in [6, 6.07) is 13.9. The van der Waals surface area contributed by atoms with Crippen molar-refractivity contribution < 1.29 is 24.0 Å². The van der Waals surface area contributed by atoms with Gasteiger partial charge in [0, 0.05) is 23.3 Å². The van der Waals surface area contributed by atoms with Gasteiger partial charge in [-0.05, 0) is 36.4 Å². The van der Waals surface area contributed by atoms with Crippen LogP contribution in [0.15, 0.2) is 59.0 Å². The first-order valence-electron chi connectivity index (χ1n) is 7.95. The molecular formula is C19H16N2O6. The molecule has 0 radical (unpaired) electrons. The van der Waals surface area contributed by atoms with Gasteiger partial charge in [0.25, 0.3) is 11.6 Å². The first-order chi connectivity index (χ1) is 13.0. The van der Waals surface area contributed by atoms with Crippen molar-refractivity contribution in [1.82, 2.24) is 0 Å². The maximum absolute atomic E-state index is 12.5. The van der Waals surface area contributed by atoms with E-state index in [9.17, 15) is 14.9 Å². The molecule has 138 valence electrons. The Bertz CT molecular complexity index is 995. The predicted octanol–water partition coefficient (Wildman–Crippen LogP) is 3.61. The molecule has 27 heavy (non-hydrogen) atoms. The predicted molar refractivity (Wildman–Crippen MR) is 97.7 cm³/mol. The number of hydrogen-bond acceptors (Lipinski definition) is 6. The number of carbonyl (C=O) groups is 1. The topological polar surface area (TPSA) is 115 Å². The third kappa shape index (κ3) is 3.96. The van der Waals surface area contributed by atoms with E-state index in [0.717, 1.165) is 0 Å². The lowest BCUT2D eigenvalue weighted by molar-refractivity contribution is -0.384. The third-order valence-electron chi connectivity index (χ3n) is 3.87. The molecule has 0 spiro atoms. The smallest absolute Gasteiger partial charge is 0.270 e. The highest BCUT2D eigenvalue weighted by Crippen LogP contribution is 2.32. The third-order valence-corrected chi connectivity index (χ3v) is 3.87. The van der Waals surface area contributed by atoms with E-state index in [-0.39, 0.29) is 17.9 Å². The lowest BCUT2D eigenvalue weighted by atomic mass is 10.1. The van der Waals surface area contributed by atoms with Crippen molar-refractivity contribution >= 4 is 17.3 Å². The molecule has 3 rings (SSSR count). The van der Waals surface area contributed by atoms with Gasteiger partial charge in [0.2, 0.25) is 0 Å². The summed E-state index contributed by atoms with van der Waals surface area (Å²) in [4.78, 5) is 22.8. The number of ether oxygens (including phenoxy) is 1. The molecular weight excluding hydrogens is 352 g/mol. The lowest BCUT2D eigenvalue weighted by Gasteiger charge is -2.11. The number of hydrogen-bond donors (Lipinski definition) is 2. The molecule has 0 bridgehead atoms. The van der Waals surface area contributed by atoms with E-state index in [2.05, 4.69) is 5.32 Å². The molecule has 0 atom stereocenters. The van der Waals surface area contributed by atoms with Crippen LogP contribution >= 0.6 is 0 Å². The van der Waals surface area contributed by atoms with Gasteiger partial charge in [-0.1, -0.05) is 6.07 Å². The number of furan rings is 1. The zero-order valence-corrected chi connectivity index (χ0v) is 14.3. The SMILES string of the molecule is COc1ccc(-c2ccc(CO)o2)cc1NC(=O)c1cccc([N+](=O)[O-])c1. The summed E-state index contributed by atoms with van der Waals surface area (Å²) in [6.45, 7) is -0.216. The van der Waals surface area contributed by atoms with E-state index in [4.69, 9.17) is 14.3 Å². The fourth-order valence-corrected chi connectivity index (χ4v) is 2.53. The zero-order valence-electron chi connectivity index (χ0n) is 14.3. The van der Waals surface area contributed by atoms with Crippen LogP contribution in [0.4, 0.5) is 11.4 Å². The first kappa shape index (κ1) is 18.2. The van der Waals surface area contributed by atoms with Crippen LogP contribution in [0.25, 0.3) is 11.3 Å². The van der Waals surface area contributed by atoms with Gasteiger partial charge in [0.05, 0.1) is 17.7 Å². The van der Waals surface area contributed by atoms with Gasteiger partial charge in [-0.25, -0.2) is 0 Å². The Labute approximate surface area is 154 Å². The number of nitrogens with zero attached hydrogens (tertiary/aromatic N) is 1. The summed E-state index contributed by atoms with van der Waals surface area (Å²) in [7, 11) is 1.47. The van der Waals surface area contributed by atoms with E-state index < -0.39 is 10.8 Å². The fourth-order valence-electron chi connectivity index (χ4n) is 2.53. The van der Waals surface area contributed by atoms with Crippen molar-refractivity contribution in [3.05, 3.63) is 76.0 Å². The summed E-state index contributed by atoms with van der Waals surface area (Å²) in [6.07, 6.45) is 0. The van der Waals surface area contributed by atoms with Crippen LogP contribution in [-0.4, -0.2) is 23.0 Å². The van der Waals surface area contributed by atoms with Crippen LogP contribution in [0.1, 0.15) is 16.1 Å². The molecule has 0 aliphatic heterocycles. The number of aliphatic hydroxyl groups excluding tert-OH is 1. The normalized spacial score (nSPS) is 10.4. The Hall–Kier alpha value is -3.65. The minimum atomic E-state index is -0.562. The highest BCUT2D eigenvalue weighted by atomic mass is 16.6. The van der Waals surface area contributed by atoms with E-state index in [0.29, 0.717) is 28.5 Å². The molecule has 3 aromatic rings. The quantitative estimate of drug-likeness (QED) is 0.507. The monoisotopic (exact) mass is 368 g/mol. The maximum atomic E-state index is 12.5. The zero-order chi connectivity index (χ0) is 19.4. The number of non-ortho nitro benzene ring substituents is 1. The molecule has 0 fully saturated rings. The van der Waals surface area contributed by atoms with E-state index in [1.807, 2.05) is 0 Å². The number of nitro benzene ring substituents is 1. The van der Waals surface area contributed by atoms with Crippen molar-refractivity contribution in [3.63, 3.8) is 0 Å². The van der Waals surface area contributed by atoms with Gasteiger partial charge in [-0.15, -0.1) is 0 Å². The van der Waals surface area contributed by atoms with Crippen molar-refractivity contribution in [3.8, 4) is 17.1 Å². The number of methoxy groups -OCH3 is 1. The van der Waals surface area contributed by atoms with Gasteiger partial charge >= 0.3 is 0 Å². The standard InChI is InChI=1S/C19H16N2O6/c1-26-18-7-5-12(17-8-6-15(11-22)27-17)10-16(18)20-19(23)13-3-2-4-14(9-13)21(24)25/h2-10,22H,11H2,1H3,(H,20,23). The molecule has 8 nitrogen and oxygen atoms in total. The maximum Gasteiger partial charge on any atom is 0.270 e. The van der Waals surface area contributed by atoms with Gasteiger partial charge in [0.1, 0.15) is 23.9 Å². The Morgan fingerprint density at radius 2 is 2.04 bits per heavy atom. The first-order valence-corrected chi connectivity index (χ1v) is 7.95. The number of benzene rings is 2. The minimum Gasteiger partial charge on any atom is -0.495 e. The van der Waals surface area contributed by atoms with Crippen LogP contribution in [0, 0.1) is 10.1 Å². The Balaban J connectivity index is 1.90. The van der Waals surface area contributed by atoms with E-state index in [1.54, 1.807) is 30.3 Å². The van der Waals surface area contributed by atoms with Crippen molar-refractivity contribution in [1.29, 1.82) is 0 Å². The largest absolute Gasteiger partial charge is 0.495 e. The second-order valence-electron chi connectivity index (χ2n) is 5.60. The second-order valence-corrected chi connectivity index (χ2v) is 5.60. The summed E-state index contributed by atoms with van der Waals surface area (Å²) < 4.78 is 10.8. The van der Waals surface area contributed by atoms with Crippen molar-refractivity contribution in [2.45, 2.75) is 6.61 Å². The Kier molecular flexibility index (Phi) is 5.18. The number of anilines is 1. The minimum absolute atomic E-state index is 0.150.